The van der Waals surface area contributed by atoms with Crippen LogP contribution >= 0.6 is 0 Å². The van der Waals surface area contributed by atoms with Crippen LogP contribution < -0.4 is 11.5 Å². The highest BCUT2D eigenvalue weighted by molar-refractivity contribution is 5.82. The standard InChI is InChI=1S/C12H24N4O2/c1-3-9(2)11(14)12(18)16-6-4-15(5-7-16)8-10(13)17/h9,11H,3-8,14H2,1-2H3,(H2,13,17). The number of piperazine rings is 1. The molecule has 0 aromatic rings. The minimum Gasteiger partial charge on any atom is -0.369 e. The summed E-state index contributed by atoms with van der Waals surface area (Å²) in [6, 6.07) is -0.419. The molecule has 1 aliphatic heterocycles. The normalized spacial score (nSPS) is 20.5. The molecule has 2 atom stereocenters. The Hall–Kier alpha value is -1.14. The lowest BCUT2D eigenvalue weighted by Crippen LogP contribution is -2.55. The van der Waals surface area contributed by atoms with Gasteiger partial charge in [-0.1, -0.05) is 20.3 Å². The van der Waals surface area contributed by atoms with Gasteiger partial charge in [0.05, 0.1) is 12.6 Å². The van der Waals surface area contributed by atoms with E-state index in [0.29, 0.717) is 26.2 Å². The number of rotatable bonds is 5. The van der Waals surface area contributed by atoms with E-state index in [4.69, 9.17) is 11.5 Å². The monoisotopic (exact) mass is 256 g/mol. The van der Waals surface area contributed by atoms with Crippen LogP contribution in [0.25, 0.3) is 0 Å². The fraction of sp³-hybridized carbons (Fsp3) is 0.833. The van der Waals surface area contributed by atoms with Crippen LogP contribution in [0.2, 0.25) is 0 Å². The van der Waals surface area contributed by atoms with Crippen molar-refractivity contribution in [2.45, 2.75) is 26.3 Å². The Morgan fingerprint density at radius 3 is 2.22 bits per heavy atom. The van der Waals surface area contributed by atoms with Crippen molar-refractivity contribution in [1.82, 2.24) is 9.80 Å². The average molecular weight is 256 g/mol. The summed E-state index contributed by atoms with van der Waals surface area (Å²) in [5, 5.41) is 0. The van der Waals surface area contributed by atoms with Crippen LogP contribution in [0.3, 0.4) is 0 Å². The van der Waals surface area contributed by atoms with Crippen molar-refractivity contribution in [1.29, 1.82) is 0 Å². The first-order valence-corrected chi connectivity index (χ1v) is 6.50. The number of nitrogens with zero attached hydrogens (tertiary/aromatic N) is 2. The minimum absolute atomic E-state index is 0.0167. The highest BCUT2D eigenvalue weighted by Gasteiger charge is 2.27. The van der Waals surface area contributed by atoms with E-state index in [2.05, 4.69) is 0 Å². The molecule has 0 saturated carbocycles. The van der Waals surface area contributed by atoms with Gasteiger partial charge in [0.1, 0.15) is 0 Å². The van der Waals surface area contributed by atoms with Crippen LogP contribution in [-0.2, 0) is 9.59 Å². The number of carbonyl (C=O) groups is 2. The number of primary amides is 1. The molecular formula is C12H24N4O2. The molecule has 6 heteroatoms. The van der Waals surface area contributed by atoms with Gasteiger partial charge >= 0.3 is 0 Å². The van der Waals surface area contributed by atoms with E-state index >= 15 is 0 Å². The number of carbonyl (C=O) groups excluding carboxylic acids is 2. The van der Waals surface area contributed by atoms with Gasteiger partial charge in [0.15, 0.2) is 0 Å². The van der Waals surface area contributed by atoms with E-state index in [1.54, 1.807) is 4.90 Å². The zero-order chi connectivity index (χ0) is 13.7. The van der Waals surface area contributed by atoms with E-state index in [0.717, 1.165) is 6.42 Å². The van der Waals surface area contributed by atoms with E-state index in [1.807, 2.05) is 18.7 Å². The maximum Gasteiger partial charge on any atom is 0.239 e. The molecule has 4 N–H and O–H groups in total. The molecule has 104 valence electrons. The SMILES string of the molecule is CCC(C)C(N)C(=O)N1CCN(CC(N)=O)CC1. The number of hydrogen-bond acceptors (Lipinski definition) is 4. The summed E-state index contributed by atoms with van der Waals surface area (Å²) in [5.41, 5.74) is 11.1. The van der Waals surface area contributed by atoms with Gasteiger partial charge in [-0.2, -0.15) is 0 Å². The van der Waals surface area contributed by atoms with Crippen molar-refractivity contribution in [2.75, 3.05) is 32.7 Å². The lowest BCUT2D eigenvalue weighted by molar-refractivity contribution is -0.135. The lowest BCUT2D eigenvalue weighted by Gasteiger charge is -2.36. The van der Waals surface area contributed by atoms with Gasteiger partial charge < -0.3 is 16.4 Å². The van der Waals surface area contributed by atoms with Crippen LogP contribution in [0.1, 0.15) is 20.3 Å². The molecule has 0 spiro atoms. The van der Waals surface area contributed by atoms with Gasteiger partial charge in [-0.15, -0.1) is 0 Å². The third-order valence-electron chi connectivity index (χ3n) is 3.61. The second-order valence-electron chi connectivity index (χ2n) is 4.98. The summed E-state index contributed by atoms with van der Waals surface area (Å²) in [7, 11) is 0. The first kappa shape index (κ1) is 14.9. The van der Waals surface area contributed by atoms with Crippen molar-refractivity contribution in [3.05, 3.63) is 0 Å². The largest absolute Gasteiger partial charge is 0.369 e. The van der Waals surface area contributed by atoms with Crippen LogP contribution in [0.4, 0.5) is 0 Å². The molecule has 0 aromatic heterocycles. The van der Waals surface area contributed by atoms with Gasteiger partial charge in [0, 0.05) is 26.2 Å². The smallest absolute Gasteiger partial charge is 0.239 e. The molecule has 0 aliphatic carbocycles. The van der Waals surface area contributed by atoms with E-state index in [9.17, 15) is 9.59 Å². The maximum absolute atomic E-state index is 12.1. The fourth-order valence-electron chi connectivity index (χ4n) is 2.05. The van der Waals surface area contributed by atoms with Gasteiger partial charge in [0.25, 0.3) is 0 Å². The van der Waals surface area contributed by atoms with Gasteiger partial charge in [-0.3, -0.25) is 14.5 Å². The summed E-state index contributed by atoms with van der Waals surface area (Å²) < 4.78 is 0. The van der Waals surface area contributed by atoms with E-state index < -0.39 is 6.04 Å². The highest BCUT2D eigenvalue weighted by Crippen LogP contribution is 2.10. The Morgan fingerprint density at radius 2 is 1.78 bits per heavy atom. The Bertz CT molecular complexity index is 300. The Morgan fingerprint density at radius 1 is 1.22 bits per heavy atom. The second kappa shape index (κ2) is 6.70. The van der Waals surface area contributed by atoms with E-state index in [-0.39, 0.29) is 24.3 Å². The molecule has 1 saturated heterocycles. The zero-order valence-corrected chi connectivity index (χ0v) is 11.3. The zero-order valence-electron chi connectivity index (χ0n) is 11.3. The molecule has 1 heterocycles. The third-order valence-corrected chi connectivity index (χ3v) is 3.61. The topological polar surface area (TPSA) is 92.7 Å². The molecule has 0 aromatic carbocycles. The van der Waals surface area contributed by atoms with Crippen LogP contribution in [-0.4, -0.2) is 60.4 Å². The first-order valence-electron chi connectivity index (χ1n) is 6.50. The molecule has 0 radical (unpaired) electrons. The Kier molecular flexibility index (Phi) is 5.55. The van der Waals surface area contributed by atoms with Crippen LogP contribution in [0.5, 0.6) is 0 Å². The summed E-state index contributed by atoms with van der Waals surface area (Å²) >= 11 is 0. The van der Waals surface area contributed by atoms with E-state index in [1.165, 1.54) is 0 Å². The Balaban J connectivity index is 2.42. The summed E-state index contributed by atoms with van der Waals surface area (Å²) in [6.45, 7) is 6.89. The molecule has 2 unspecified atom stereocenters. The highest BCUT2D eigenvalue weighted by atomic mass is 16.2. The van der Waals surface area contributed by atoms with Crippen LogP contribution in [0, 0.1) is 5.92 Å². The Labute approximate surface area is 108 Å². The number of amides is 2. The van der Waals surface area contributed by atoms with Crippen molar-refractivity contribution >= 4 is 11.8 Å². The van der Waals surface area contributed by atoms with Gasteiger partial charge in [-0.25, -0.2) is 0 Å². The summed E-state index contributed by atoms with van der Waals surface area (Å²) in [4.78, 5) is 26.7. The first-order chi connectivity index (χ1) is 8.45. The molecule has 6 nitrogen and oxygen atoms in total. The predicted octanol–water partition coefficient (Wildman–Crippen LogP) is -1.01. The molecule has 18 heavy (non-hydrogen) atoms. The van der Waals surface area contributed by atoms with Crippen molar-refractivity contribution < 1.29 is 9.59 Å². The summed E-state index contributed by atoms with van der Waals surface area (Å²) in [5.74, 6) is -0.115. The molecular weight excluding hydrogens is 232 g/mol. The quantitative estimate of drug-likeness (QED) is 0.659. The van der Waals surface area contributed by atoms with Gasteiger partial charge in [-0.05, 0) is 5.92 Å². The molecule has 1 fully saturated rings. The van der Waals surface area contributed by atoms with Crippen molar-refractivity contribution in [2.24, 2.45) is 17.4 Å². The number of hydrogen-bond donors (Lipinski definition) is 2. The molecule has 0 bridgehead atoms. The summed E-state index contributed by atoms with van der Waals surface area (Å²) in [6.07, 6.45) is 0.897. The molecule has 1 aliphatic rings. The average Bonchev–Trinajstić information content (AvgIpc) is 2.36. The second-order valence-corrected chi connectivity index (χ2v) is 4.98. The maximum atomic E-state index is 12.1. The molecule has 1 rings (SSSR count). The van der Waals surface area contributed by atoms with Gasteiger partial charge in [0.2, 0.25) is 11.8 Å². The minimum atomic E-state index is -0.419. The fourth-order valence-corrected chi connectivity index (χ4v) is 2.05. The predicted molar refractivity (Wildman–Crippen MR) is 69.6 cm³/mol. The van der Waals surface area contributed by atoms with Crippen molar-refractivity contribution in [3.8, 4) is 0 Å². The third kappa shape index (κ3) is 3.96. The van der Waals surface area contributed by atoms with Crippen molar-refractivity contribution in [3.63, 3.8) is 0 Å². The number of nitrogens with two attached hydrogens (primary N) is 2. The lowest BCUT2D eigenvalue weighted by atomic mass is 9.98. The van der Waals surface area contributed by atoms with Crippen LogP contribution in [0.15, 0.2) is 0 Å². The molecule has 2 amide bonds.